The van der Waals surface area contributed by atoms with E-state index in [0.29, 0.717) is 12.1 Å². The minimum absolute atomic E-state index is 0.180. The molecule has 104 valence electrons. The predicted molar refractivity (Wildman–Crippen MR) is 59.8 cm³/mol. The molecule has 0 bridgehead atoms. The Hall–Kier alpha value is -2.09. The molecule has 0 radical (unpaired) electrons. The minimum Gasteiger partial charge on any atom is -0.481 e. The van der Waals surface area contributed by atoms with Crippen LogP contribution in [-0.2, 0) is 9.59 Å². The summed E-state index contributed by atoms with van der Waals surface area (Å²) >= 11 is 0. The highest BCUT2D eigenvalue weighted by molar-refractivity contribution is 5.95. The minimum atomic E-state index is -1.45. The van der Waals surface area contributed by atoms with Gasteiger partial charge in [0.15, 0.2) is 11.6 Å². The summed E-state index contributed by atoms with van der Waals surface area (Å²) in [5.41, 5.74) is 4.67. The Kier molecular flexibility index (Phi) is 4.87. The average molecular weight is 276 g/mol. The first-order valence-corrected chi connectivity index (χ1v) is 5.24. The lowest BCUT2D eigenvalue weighted by atomic mass is 10.1. The third kappa shape index (κ3) is 4.25. The smallest absolute Gasteiger partial charge is 0.303 e. The Labute approximate surface area is 106 Å². The molecule has 0 saturated carbocycles. The predicted octanol–water partition coefficient (Wildman–Crippen LogP) is 1.23. The van der Waals surface area contributed by atoms with Crippen molar-refractivity contribution in [2.45, 2.75) is 18.9 Å². The number of carboxylic acid groups (broad SMARTS) is 1. The highest BCUT2D eigenvalue weighted by Gasteiger charge is 2.18. The van der Waals surface area contributed by atoms with E-state index in [0.717, 1.165) is 0 Å². The number of nitrogens with two attached hydrogens (primary N) is 1. The van der Waals surface area contributed by atoms with Crippen molar-refractivity contribution >= 4 is 17.6 Å². The molecule has 0 aliphatic heterocycles. The molecule has 1 rings (SSSR count). The van der Waals surface area contributed by atoms with Crippen LogP contribution in [0.25, 0.3) is 0 Å². The lowest BCUT2D eigenvalue weighted by Gasteiger charge is -2.12. The molecule has 0 saturated heterocycles. The third-order valence-corrected chi connectivity index (χ3v) is 2.26. The molecule has 0 heterocycles. The number of carboxylic acids is 1. The standard InChI is InChI=1S/C11H11F3N2O3/c12-5-3-6(13)10(14)8(4-5)16-11(19)7(15)1-2-9(17)18/h3-4,7H,1-2,15H2,(H,16,19)(H,17,18). The molecule has 1 aromatic carbocycles. The van der Waals surface area contributed by atoms with Crippen LogP contribution in [0.3, 0.4) is 0 Å². The van der Waals surface area contributed by atoms with Crippen molar-refractivity contribution in [1.29, 1.82) is 0 Å². The van der Waals surface area contributed by atoms with E-state index in [9.17, 15) is 22.8 Å². The van der Waals surface area contributed by atoms with Crippen LogP contribution in [0.15, 0.2) is 12.1 Å². The zero-order chi connectivity index (χ0) is 14.6. The molecule has 4 N–H and O–H groups in total. The number of amides is 1. The molecule has 1 atom stereocenters. The second-order valence-electron chi connectivity index (χ2n) is 3.78. The Morgan fingerprint density at radius 3 is 2.53 bits per heavy atom. The number of halogens is 3. The van der Waals surface area contributed by atoms with Gasteiger partial charge in [-0.3, -0.25) is 9.59 Å². The maximum absolute atomic E-state index is 13.2. The molecular formula is C11H11F3N2O3. The quantitative estimate of drug-likeness (QED) is 0.705. The number of anilines is 1. The van der Waals surface area contributed by atoms with Gasteiger partial charge in [-0.1, -0.05) is 0 Å². The number of hydrogen-bond acceptors (Lipinski definition) is 3. The zero-order valence-electron chi connectivity index (χ0n) is 9.62. The van der Waals surface area contributed by atoms with E-state index in [1.54, 1.807) is 0 Å². The number of hydrogen-bond donors (Lipinski definition) is 3. The van der Waals surface area contributed by atoms with Crippen molar-refractivity contribution in [3.8, 4) is 0 Å². The summed E-state index contributed by atoms with van der Waals surface area (Å²) in [5, 5.41) is 10.3. The summed E-state index contributed by atoms with van der Waals surface area (Å²) in [6.07, 6.45) is -0.533. The van der Waals surface area contributed by atoms with Crippen molar-refractivity contribution in [3.05, 3.63) is 29.6 Å². The van der Waals surface area contributed by atoms with Gasteiger partial charge < -0.3 is 16.2 Å². The molecule has 1 aromatic rings. The lowest BCUT2D eigenvalue weighted by Crippen LogP contribution is -2.36. The lowest BCUT2D eigenvalue weighted by molar-refractivity contribution is -0.137. The number of carbonyl (C=O) groups excluding carboxylic acids is 1. The van der Waals surface area contributed by atoms with E-state index in [1.807, 2.05) is 5.32 Å². The molecular weight excluding hydrogens is 265 g/mol. The average Bonchev–Trinajstić information content (AvgIpc) is 2.32. The fourth-order valence-electron chi connectivity index (χ4n) is 1.28. The van der Waals surface area contributed by atoms with Crippen molar-refractivity contribution in [1.82, 2.24) is 0 Å². The molecule has 0 spiro atoms. The number of nitrogens with one attached hydrogen (secondary N) is 1. The second-order valence-corrected chi connectivity index (χ2v) is 3.78. The summed E-state index contributed by atoms with van der Waals surface area (Å²) in [6.45, 7) is 0. The monoisotopic (exact) mass is 276 g/mol. The van der Waals surface area contributed by atoms with Gasteiger partial charge in [-0.2, -0.15) is 0 Å². The van der Waals surface area contributed by atoms with Crippen LogP contribution in [0.2, 0.25) is 0 Å². The van der Waals surface area contributed by atoms with Gasteiger partial charge in [0.25, 0.3) is 0 Å². The van der Waals surface area contributed by atoms with E-state index in [1.165, 1.54) is 0 Å². The maximum atomic E-state index is 13.2. The number of carbonyl (C=O) groups is 2. The van der Waals surface area contributed by atoms with Crippen molar-refractivity contribution in [2.24, 2.45) is 5.73 Å². The topological polar surface area (TPSA) is 92.4 Å². The number of benzene rings is 1. The van der Waals surface area contributed by atoms with Gasteiger partial charge in [-0.15, -0.1) is 0 Å². The Morgan fingerprint density at radius 1 is 1.32 bits per heavy atom. The highest BCUT2D eigenvalue weighted by Crippen LogP contribution is 2.19. The normalized spacial score (nSPS) is 12.0. The second kappa shape index (κ2) is 6.19. The van der Waals surface area contributed by atoms with Gasteiger partial charge in [0, 0.05) is 18.6 Å². The summed E-state index contributed by atoms with van der Waals surface area (Å²) in [7, 11) is 0. The first-order valence-electron chi connectivity index (χ1n) is 5.24. The number of aliphatic carboxylic acids is 1. The molecule has 0 aromatic heterocycles. The van der Waals surface area contributed by atoms with Crippen LogP contribution < -0.4 is 11.1 Å². The Balaban J connectivity index is 2.74. The molecule has 1 unspecified atom stereocenters. The fourth-order valence-corrected chi connectivity index (χ4v) is 1.28. The molecule has 1 amide bonds. The molecule has 0 aliphatic carbocycles. The Bertz CT molecular complexity index is 508. The van der Waals surface area contributed by atoms with Crippen molar-refractivity contribution < 1.29 is 27.9 Å². The van der Waals surface area contributed by atoms with Crippen LogP contribution in [0, 0.1) is 17.5 Å². The SMILES string of the molecule is NC(CCC(=O)O)C(=O)Nc1cc(F)cc(F)c1F. The van der Waals surface area contributed by atoms with Crippen molar-refractivity contribution in [3.63, 3.8) is 0 Å². The van der Waals surface area contributed by atoms with Gasteiger partial charge in [0.2, 0.25) is 5.91 Å². The van der Waals surface area contributed by atoms with Gasteiger partial charge >= 0.3 is 5.97 Å². The third-order valence-electron chi connectivity index (χ3n) is 2.26. The molecule has 19 heavy (non-hydrogen) atoms. The fraction of sp³-hybridized carbons (Fsp3) is 0.273. The van der Waals surface area contributed by atoms with Crippen LogP contribution >= 0.6 is 0 Å². The molecule has 0 fully saturated rings. The van der Waals surface area contributed by atoms with Crippen LogP contribution in [0.1, 0.15) is 12.8 Å². The molecule has 5 nitrogen and oxygen atoms in total. The van der Waals surface area contributed by atoms with E-state index in [2.05, 4.69) is 0 Å². The highest BCUT2D eigenvalue weighted by atomic mass is 19.2. The van der Waals surface area contributed by atoms with E-state index < -0.39 is 41.1 Å². The summed E-state index contributed by atoms with van der Waals surface area (Å²) < 4.78 is 38.9. The van der Waals surface area contributed by atoms with Gasteiger partial charge in [0.05, 0.1) is 11.7 Å². The van der Waals surface area contributed by atoms with E-state index in [4.69, 9.17) is 10.8 Å². The van der Waals surface area contributed by atoms with Gasteiger partial charge in [0.1, 0.15) is 5.82 Å². The number of rotatable bonds is 5. The van der Waals surface area contributed by atoms with E-state index >= 15 is 0 Å². The van der Waals surface area contributed by atoms with Crippen LogP contribution in [0.4, 0.5) is 18.9 Å². The van der Waals surface area contributed by atoms with Crippen LogP contribution in [-0.4, -0.2) is 23.0 Å². The van der Waals surface area contributed by atoms with Crippen molar-refractivity contribution in [2.75, 3.05) is 5.32 Å². The van der Waals surface area contributed by atoms with Gasteiger partial charge in [-0.25, -0.2) is 13.2 Å². The largest absolute Gasteiger partial charge is 0.481 e. The maximum Gasteiger partial charge on any atom is 0.303 e. The van der Waals surface area contributed by atoms with Gasteiger partial charge in [-0.05, 0) is 6.42 Å². The van der Waals surface area contributed by atoms with E-state index in [-0.39, 0.29) is 12.8 Å². The zero-order valence-corrected chi connectivity index (χ0v) is 9.62. The first kappa shape index (κ1) is 15.0. The summed E-state index contributed by atoms with van der Waals surface area (Å²) in [4.78, 5) is 21.7. The molecule has 8 heteroatoms. The summed E-state index contributed by atoms with van der Waals surface area (Å²) in [5.74, 6) is -6.00. The summed E-state index contributed by atoms with van der Waals surface area (Å²) in [6, 6.07) is -0.294. The van der Waals surface area contributed by atoms with Crippen LogP contribution in [0.5, 0.6) is 0 Å². The Morgan fingerprint density at radius 2 is 1.95 bits per heavy atom. The molecule has 0 aliphatic rings. The first-order chi connectivity index (χ1) is 8.81.